The molecule has 0 spiro atoms. The minimum Gasteiger partial charge on any atom is -0.481 e. The van der Waals surface area contributed by atoms with Crippen molar-refractivity contribution in [3.05, 3.63) is 53.1 Å². The van der Waals surface area contributed by atoms with Crippen LogP contribution in [0.15, 0.2) is 36.4 Å². The number of rotatable bonds is 14. The molecule has 0 saturated carbocycles. The van der Waals surface area contributed by atoms with E-state index in [9.17, 15) is 43.2 Å². The highest BCUT2D eigenvalue weighted by Gasteiger charge is 2.39. The van der Waals surface area contributed by atoms with Crippen LogP contribution in [0.3, 0.4) is 0 Å². The molecule has 1 heterocycles. The Labute approximate surface area is 352 Å². The molecular weight excluding hydrogens is 828 g/mol. The first kappa shape index (κ1) is 47.0. The van der Waals surface area contributed by atoms with Gasteiger partial charge in [-0.25, -0.2) is 9.59 Å². The Bertz CT molecular complexity index is 2240. The van der Waals surface area contributed by atoms with Crippen molar-refractivity contribution in [1.29, 1.82) is 0 Å². The van der Waals surface area contributed by atoms with Gasteiger partial charge in [0.05, 0.1) is 12.2 Å². The topological polar surface area (TPSA) is 264 Å². The molecule has 0 aliphatic carbocycles. The number of hydrogen-bond donors (Lipinski definition) is 0. The molecule has 21 nitrogen and oxygen atoms in total. The van der Waals surface area contributed by atoms with Crippen LogP contribution in [0.2, 0.25) is 0 Å². The van der Waals surface area contributed by atoms with Crippen LogP contribution >= 0.6 is 0 Å². The molecule has 62 heavy (non-hydrogen) atoms. The number of hydrogen-bond acceptors (Lipinski definition) is 21. The zero-order chi connectivity index (χ0) is 46.0. The van der Waals surface area contributed by atoms with Crippen LogP contribution in [-0.2, 0) is 54.2 Å². The van der Waals surface area contributed by atoms with Crippen molar-refractivity contribution in [2.75, 3.05) is 6.61 Å². The summed E-state index contributed by atoms with van der Waals surface area (Å²) in [7, 11) is 0. The fourth-order valence-corrected chi connectivity index (χ4v) is 5.70. The summed E-state index contributed by atoms with van der Waals surface area (Å²) >= 11 is 0. The molecule has 0 fully saturated rings. The lowest BCUT2D eigenvalue weighted by atomic mass is 9.93. The van der Waals surface area contributed by atoms with Gasteiger partial charge >= 0.3 is 53.9 Å². The summed E-state index contributed by atoms with van der Waals surface area (Å²) in [5.41, 5.74) is -0.308. The Hall–Kier alpha value is -7.71. The second-order valence-electron chi connectivity index (χ2n) is 12.9. The average Bonchev–Trinajstić information content (AvgIpc) is 3.12. The van der Waals surface area contributed by atoms with Crippen LogP contribution in [0.5, 0.6) is 51.7 Å². The van der Waals surface area contributed by atoms with Crippen molar-refractivity contribution in [3.63, 3.8) is 0 Å². The average molecular weight is 869 g/mol. The van der Waals surface area contributed by atoms with Crippen LogP contribution in [-0.4, -0.2) is 72.9 Å². The summed E-state index contributed by atoms with van der Waals surface area (Å²) < 4.78 is 64.9. The van der Waals surface area contributed by atoms with E-state index in [2.05, 4.69) is 0 Å². The Morgan fingerprint density at radius 3 is 1.53 bits per heavy atom. The van der Waals surface area contributed by atoms with Gasteiger partial charge in [-0.15, -0.1) is 0 Å². The van der Waals surface area contributed by atoms with Crippen LogP contribution in [0.1, 0.15) is 89.9 Å². The van der Waals surface area contributed by atoms with Gasteiger partial charge in [-0.3, -0.25) is 33.6 Å². The van der Waals surface area contributed by atoms with Gasteiger partial charge < -0.3 is 56.8 Å². The maximum absolute atomic E-state index is 14.2. The van der Waals surface area contributed by atoms with Gasteiger partial charge in [-0.1, -0.05) is 0 Å². The van der Waals surface area contributed by atoms with E-state index in [-0.39, 0.29) is 41.4 Å². The van der Waals surface area contributed by atoms with Gasteiger partial charge in [-0.05, 0) is 31.2 Å². The Morgan fingerprint density at radius 1 is 0.597 bits per heavy atom. The summed E-state index contributed by atoms with van der Waals surface area (Å²) in [4.78, 5) is 111. The van der Waals surface area contributed by atoms with E-state index >= 15 is 0 Å². The molecule has 0 aromatic heterocycles. The normalized spacial score (nSPS) is 14.2. The molecule has 3 atom stereocenters. The van der Waals surface area contributed by atoms with Crippen LogP contribution in [0.25, 0.3) is 0 Å². The standard InChI is InChI=1S/C41H40O21/c1-10-51-41(50)60-25(9)59-39-34(56-22(6)46)13-27(14-35(39)57-23(7)47)40(49)62-36-17-29-30(53-19(3)43)15-28(52-18(2)42)16-31(29)61-37(36)26-11-32(54-20(4)44)38(58-24(8)48)33(12-26)55-21(5)45/h11-16,25,36-37H,10,17H2,1-9H3/t25?,36-,37-/m1/s1. The molecule has 0 amide bonds. The molecule has 1 aliphatic heterocycles. The molecule has 21 heteroatoms. The van der Waals surface area contributed by atoms with Crippen molar-refractivity contribution < 1.29 is 100.0 Å². The van der Waals surface area contributed by atoms with Crippen molar-refractivity contribution in [1.82, 2.24) is 0 Å². The smallest absolute Gasteiger partial charge is 0.481 e. The highest BCUT2D eigenvalue weighted by atomic mass is 16.8. The minimum atomic E-state index is -1.47. The number of carbonyl (C=O) groups is 9. The van der Waals surface area contributed by atoms with E-state index in [1.54, 1.807) is 0 Å². The third-order valence-electron chi connectivity index (χ3n) is 7.61. The van der Waals surface area contributed by atoms with E-state index in [0.717, 1.165) is 60.6 Å². The lowest BCUT2D eigenvalue weighted by molar-refractivity contribution is -0.135. The Balaban J connectivity index is 1.94. The second-order valence-corrected chi connectivity index (χ2v) is 12.9. The number of benzene rings is 3. The van der Waals surface area contributed by atoms with Crippen molar-refractivity contribution in [3.8, 4) is 51.7 Å². The maximum Gasteiger partial charge on any atom is 0.511 e. The fourth-order valence-electron chi connectivity index (χ4n) is 5.70. The summed E-state index contributed by atoms with van der Waals surface area (Å²) in [6.45, 7) is 10.2. The lowest BCUT2D eigenvalue weighted by Gasteiger charge is -2.34. The Morgan fingerprint density at radius 2 is 1.06 bits per heavy atom. The van der Waals surface area contributed by atoms with Gasteiger partial charge in [0.15, 0.2) is 29.1 Å². The minimum absolute atomic E-state index is 0.0238. The van der Waals surface area contributed by atoms with Gasteiger partial charge in [0.25, 0.3) is 0 Å². The number of esters is 8. The largest absolute Gasteiger partial charge is 0.511 e. The highest BCUT2D eigenvalue weighted by Crippen LogP contribution is 2.48. The fraction of sp³-hybridized carbons (Fsp3) is 0.341. The van der Waals surface area contributed by atoms with E-state index < -0.39 is 112 Å². The quantitative estimate of drug-likeness (QED) is 0.118. The molecule has 0 N–H and O–H groups in total. The first-order valence-corrected chi connectivity index (χ1v) is 18.3. The molecule has 0 saturated heterocycles. The predicted octanol–water partition coefficient (Wildman–Crippen LogP) is 4.96. The molecule has 0 bridgehead atoms. The lowest BCUT2D eigenvalue weighted by Crippen LogP contribution is -2.35. The molecule has 1 aliphatic rings. The van der Waals surface area contributed by atoms with Crippen LogP contribution in [0, 0.1) is 0 Å². The molecule has 1 unspecified atom stereocenters. The third kappa shape index (κ3) is 12.9. The first-order chi connectivity index (χ1) is 29.1. The van der Waals surface area contributed by atoms with Gasteiger partial charge in [-0.2, -0.15) is 0 Å². The van der Waals surface area contributed by atoms with Crippen LogP contribution in [0.4, 0.5) is 4.79 Å². The van der Waals surface area contributed by atoms with Gasteiger partial charge in [0, 0.05) is 85.1 Å². The summed E-state index contributed by atoms with van der Waals surface area (Å²) in [5.74, 6) is -10.3. The van der Waals surface area contributed by atoms with Crippen molar-refractivity contribution in [2.24, 2.45) is 0 Å². The molecule has 4 rings (SSSR count). The zero-order valence-corrected chi connectivity index (χ0v) is 34.7. The zero-order valence-electron chi connectivity index (χ0n) is 34.7. The van der Waals surface area contributed by atoms with Crippen LogP contribution < -0.4 is 42.6 Å². The number of carbonyl (C=O) groups excluding carboxylic acids is 9. The van der Waals surface area contributed by atoms with Crippen molar-refractivity contribution >= 4 is 53.9 Å². The Kier molecular flexibility index (Phi) is 15.5. The number of fused-ring (bicyclic) bond motifs is 1. The van der Waals surface area contributed by atoms with Gasteiger partial charge in [0.1, 0.15) is 23.4 Å². The van der Waals surface area contributed by atoms with Crippen molar-refractivity contribution in [2.45, 2.75) is 87.2 Å². The van der Waals surface area contributed by atoms with E-state index in [1.807, 2.05) is 0 Å². The van der Waals surface area contributed by atoms with E-state index in [4.69, 9.17) is 56.8 Å². The first-order valence-electron chi connectivity index (χ1n) is 18.3. The monoisotopic (exact) mass is 868 g/mol. The summed E-state index contributed by atoms with van der Waals surface area (Å²) in [5, 5.41) is 0. The second kappa shape index (κ2) is 20.5. The predicted molar refractivity (Wildman–Crippen MR) is 203 cm³/mol. The summed E-state index contributed by atoms with van der Waals surface area (Å²) in [6, 6.07) is 6.85. The molecule has 3 aromatic carbocycles. The molecule has 3 aromatic rings. The van der Waals surface area contributed by atoms with E-state index in [0.29, 0.717) is 0 Å². The van der Waals surface area contributed by atoms with E-state index in [1.165, 1.54) is 38.1 Å². The molecule has 330 valence electrons. The third-order valence-corrected chi connectivity index (χ3v) is 7.61. The highest BCUT2D eigenvalue weighted by molar-refractivity contribution is 5.92. The number of ether oxygens (including phenoxy) is 12. The molecule has 0 radical (unpaired) electrons. The SMILES string of the molecule is CCOC(=O)OC(C)Oc1c(OC(C)=O)cc(C(=O)O[C@@H]2Cc3c(OC(C)=O)cc(OC(C)=O)cc3O[C@@H]2c2cc(OC(C)=O)c(OC(C)=O)c(OC(C)=O)c2)cc1OC(C)=O. The maximum atomic E-state index is 14.2. The molecular formula is C41H40O21. The summed E-state index contributed by atoms with van der Waals surface area (Å²) in [6.07, 6.45) is -5.81. The van der Waals surface area contributed by atoms with Gasteiger partial charge in [0.2, 0.25) is 17.8 Å².